The summed E-state index contributed by atoms with van der Waals surface area (Å²) in [6.45, 7) is 23.7. The molecule has 7 nitrogen and oxygen atoms in total. The van der Waals surface area contributed by atoms with Gasteiger partial charge in [-0.25, -0.2) is 4.79 Å². The van der Waals surface area contributed by atoms with Crippen molar-refractivity contribution >= 4 is 17.7 Å². The Balaban J connectivity index is 1.40. The fourth-order valence-corrected chi connectivity index (χ4v) is 10.4. The van der Waals surface area contributed by atoms with Crippen LogP contribution in [0.1, 0.15) is 179 Å². The predicted molar refractivity (Wildman–Crippen MR) is 305 cm³/mol. The number of rotatable bonds is 28. The molecule has 0 bridgehead atoms. The van der Waals surface area contributed by atoms with E-state index in [1.54, 1.807) is 13.0 Å². The van der Waals surface area contributed by atoms with E-state index in [9.17, 15) is 19.5 Å². The van der Waals surface area contributed by atoms with Gasteiger partial charge in [-0.1, -0.05) is 225 Å². The van der Waals surface area contributed by atoms with E-state index in [2.05, 4.69) is 44.7 Å². The second kappa shape index (κ2) is 30.8. The average Bonchev–Trinajstić information content (AvgIpc) is 3.91. The van der Waals surface area contributed by atoms with Crippen LogP contribution in [0.5, 0.6) is 0 Å². The molecule has 7 heteroatoms. The minimum Gasteiger partial charge on any atom is -0.462 e. The van der Waals surface area contributed by atoms with Crippen molar-refractivity contribution in [2.45, 2.75) is 208 Å². The topological polar surface area (TPSA) is 102 Å². The highest BCUT2D eigenvalue weighted by atomic mass is 16.6. The fraction of sp³-hybridized carbons (Fsp3) is 0.515. The number of hydrogen-bond acceptors (Lipinski definition) is 7. The smallest absolute Gasteiger partial charge is 0.331 e. The van der Waals surface area contributed by atoms with Gasteiger partial charge in [0.1, 0.15) is 17.8 Å². The molecule has 0 aromatic heterocycles. The molecule has 73 heavy (non-hydrogen) atoms. The van der Waals surface area contributed by atoms with Gasteiger partial charge in [-0.2, -0.15) is 0 Å². The van der Waals surface area contributed by atoms with Crippen LogP contribution in [-0.4, -0.2) is 51.8 Å². The highest BCUT2D eigenvalue weighted by Gasteiger charge is 2.76. The van der Waals surface area contributed by atoms with Gasteiger partial charge < -0.3 is 19.3 Å². The van der Waals surface area contributed by atoms with Crippen LogP contribution in [0.25, 0.3) is 0 Å². The lowest BCUT2D eigenvalue weighted by molar-refractivity contribution is -0.152. The Morgan fingerprint density at radius 2 is 1.11 bits per heavy atom. The summed E-state index contributed by atoms with van der Waals surface area (Å²) in [5.74, 6) is -0.672. The number of epoxide rings is 1. The zero-order chi connectivity index (χ0) is 54.0. The number of aliphatic hydroxyl groups is 1. The molecule has 1 heterocycles. The largest absolute Gasteiger partial charge is 0.462 e. The summed E-state index contributed by atoms with van der Waals surface area (Å²) < 4.78 is 17.8. The van der Waals surface area contributed by atoms with E-state index >= 15 is 0 Å². The highest BCUT2D eigenvalue weighted by Crippen LogP contribution is 2.67. The number of carbonyl (C=O) groups is 3. The molecule has 3 rings (SSSR count). The van der Waals surface area contributed by atoms with Crippen LogP contribution in [0, 0.1) is 10.8 Å². The van der Waals surface area contributed by atoms with Gasteiger partial charge in [0.25, 0.3) is 0 Å². The Hall–Kier alpha value is -5.33. The van der Waals surface area contributed by atoms with Gasteiger partial charge in [-0.3, -0.25) is 9.59 Å². The minimum atomic E-state index is -1.12. The second-order valence-corrected chi connectivity index (χ2v) is 22.2. The first-order valence-corrected chi connectivity index (χ1v) is 27.1. The normalized spacial score (nSPS) is 26.0. The quantitative estimate of drug-likeness (QED) is 0.0208. The van der Waals surface area contributed by atoms with Gasteiger partial charge in [-0.15, -0.1) is 5.73 Å². The van der Waals surface area contributed by atoms with Crippen molar-refractivity contribution in [1.29, 1.82) is 0 Å². The average molecular weight is 997 g/mol. The molecule has 0 aromatic rings. The van der Waals surface area contributed by atoms with Crippen molar-refractivity contribution in [3.8, 4) is 0 Å². The van der Waals surface area contributed by atoms with Gasteiger partial charge in [0.15, 0.2) is 5.78 Å². The molecule has 1 aliphatic heterocycles. The van der Waals surface area contributed by atoms with E-state index in [1.165, 1.54) is 70.8 Å². The lowest BCUT2D eigenvalue weighted by Gasteiger charge is -2.44. The van der Waals surface area contributed by atoms with Crippen LogP contribution < -0.4 is 0 Å². The molecule has 1 saturated heterocycles. The number of unbranched alkanes of at least 4 members (excludes halogenated alkanes) is 9. The molecule has 398 valence electrons. The number of ether oxygens (including phenoxy) is 3. The van der Waals surface area contributed by atoms with E-state index < -0.39 is 16.8 Å². The summed E-state index contributed by atoms with van der Waals surface area (Å²) in [6.07, 6.45) is 60.0. The number of fused-ring (bicyclic) bond motifs is 1. The summed E-state index contributed by atoms with van der Waals surface area (Å²) in [4.78, 5) is 37.9. The monoisotopic (exact) mass is 997 g/mol. The van der Waals surface area contributed by atoms with Crippen molar-refractivity contribution in [2.75, 3.05) is 0 Å². The number of Topliss-reactive ketones (excluding diaryl/α,β-unsaturated/α-hetero) is 1. The first kappa shape index (κ1) is 62.0. The zero-order valence-corrected chi connectivity index (χ0v) is 46.9. The summed E-state index contributed by atoms with van der Waals surface area (Å²) in [6, 6.07) is 0. The maximum absolute atomic E-state index is 13.6. The molecule has 5 unspecified atom stereocenters. The van der Waals surface area contributed by atoms with Crippen LogP contribution >= 0.6 is 0 Å². The zero-order valence-electron chi connectivity index (χ0n) is 46.9. The summed E-state index contributed by atoms with van der Waals surface area (Å²) in [5.41, 5.74) is 4.91. The summed E-state index contributed by atoms with van der Waals surface area (Å²) in [5, 5.41) is 11.2. The lowest BCUT2D eigenvalue weighted by atomic mass is 9.61. The Morgan fingerprint density at radius 1 is 0.589 bits per heavy atom. The third kappa shape index (κ3) is 22.0. The van der Waals surface area contributed by atoms with E-state index in [0.717, 1.165) is 28.7 Å². The molecule has 5 atom stereocenters. The third-order valence-electron chi connectivity index (χ3n) is 14.2. The number of carbonyl (C=O) groups excluding carboxylic acids is 3. The Bertz CT molecular complexity index is 2290. The van der Waals surface area contributed by atoms with Crippen LogP contribution in [0.15, 0.2) is 173 Å². The van der Waals surface area contributed by atoms with Gasteiger partial charge >= 0.3 is 11.9 Å². The summed E-state index contributed by atoms with van der Waals surface area (Å²) >= 11 is 0. The Labute approximate surface area is 442 Å². The second-order valence-electron chi connectivity index (χ2n) is 22.2. The molecule has 2 saturated carbocycles. The number of allylic oxidation sites excluding steroid dienone is 25. The molecule has 0 amide bonds. The molecular weight excluding hydrogens is 905 g/mol. The van der Waals surface area contributed by atoms with E-state index in [4.69, 9.17) is 14.2 Å². The molecule has 0 aromatic carbocycles. The molecule has 3 aliphatic rings. The summed E-state index contributed by atoms with van der Waals surface area (Å²) in [7, 11) is 0. The minimum absolute atomic E-state index is 0.0462. The first-order chi connectivity index (χ1) is 34.6. The molecule has 2 aliphatic carbocycles. The van der Waals surface area contributed by atoms with Crippen molar-refractivity contribution in [2.24, 2.45) is 10.8 Å². The Kier molecular flexibility index (Phi) is 26.1. The van der Waals surface area contributed by atoms with Crippen molar-refractivity contribution in [1.82, 2.24) is 0 Å². The number of hydrogen-bond donors (Lipinski definition) is 1. The highest BCUT2D eigenvalue weighted by molar-refractivity contribution is 5.96. The number of ketones is 1. The molecule has 0 radical (unpaired) electrons. The van der Waals surface area contributed by atoms with Crippen LogP contribution in [0.4, 0.5) is 0 Å². The molecular formula is C66H92O7. The maximum atomic E-state index is 13.6. The Morgan fingerprint density at radius 3 is 1.67 bits per heavy atom. The fourth-order valence-electron chi connectivity index (χ4n) is 10.4. The number of esters is 2. The third-order valence-corrected chi connectivity index (χ3v) is 14.2. The van der Waals surface area contributed by atoms with E-state index in [1.807, 2.05) is 158 Å². The SMILES string of the molecule is CCCCCCCCCCCC=CC=CC=CC=CC=CC=CC(=O)OC1CC(C)(C)C2(CC(=O)C(C)=CC=CC(C)=CC=CC=C(C)C=CC=C(C)C=C=C3C(C)(C)CC(OC(C)=O)CC3(C)O)OC2(C)C1. The van der Waals surface area contributed by atoms with Crippen LogP contribution in [0.2, 0.25) is 0 Å². The van der Waals surface area contributed by atoms with E-state index in [0.29, 0.717) is 31.3 Å². The van der Waals surface area contributed by atoms with Gasteiger partial charge in [0.05, 0.1) is 11.2 Å². The molecule has 3 fully saturated rings. The van der Waals surface area contributed by atoms with Gasteiger partial charge in [0, 0.05) is 43.3 Å². The van der Waals surface area contributed by atoms with Crippen LogP contribution in [-0.2, 0) is 28.6 Å². The first-order valence-electron chi connectivity index (χ1n) is 27.1. The standard InChI is InChI=1S/C66H92O7/c1-13-14-15-16-17-18-19-20-21-22-23-24-25-26-27-28-29-30-31-32-33-44-61(69)72-58-48-63(9,10)66(65(12,50-58)73-66)51-59(68)55(5)43-37-42-53(3)39-35-34-38-52(2)40-36-41-54(4)45-46-60-62(7,8)47-57(71-56(6)67)49-64(60,11)70/h23-45,57-58,70H,13-22,47-51H2,1-12H3. The predicted octanol–water partition coefficient (Wildman–Crippen LogP) is 16.5. The molecule has 1 N–H and O–H groups in total. The lowest BCUT2D eigenvalue weighted by Crippen LogP contribution is -2.49. The van der Waals surface area contributed by atoms with Crippen LogP contribution in [0.3, 0.4) is 0 Å². The van der Waals surface area contributed by atoms with Crippen molar-refractivity contribution in [3.63, 3.8) is 0 Å². The van der Waals surface area contributed by atoms with Crippen molar-refractivity contribution < 1.29 is 33.7 Å². The molecule has 0 spiro atoms. The maximum Gasteiger partial charge on any atom is 0.331 e. The van der Waals surface area contributed by atoms with E-state index in [-0.39, 0.29) is 47.2 Å². The van der Waals surface area contributed by atoms with Gasteiger partial charge in [0.2, 0.25) is 0 Å². The van der Waals surface area contributed by atoms with Gasteiger partial charge in [-0.05, 0) is 89.9 Å². The van der Waals surface area contributed by atoms with Crippen molar-refractivity contribution in [3.05, 3.63) is 173 Å².